The predicted molar refractivity (Wildman–Crippen MR) is 93.5 cm³/mol. The highest BCUT2D eigenvalue weighted by Crippen LogP contribution is 2.60. The van der Waals surface area contributed by atoms with E-state index in [1.165, 1.54) is 5.56 Å². The van der Waals surface area contributed by atoms with Crippen molar-refractivity contribution in [2.45, 2.75) is 24.4 Å². The van der Waals surface area contributed by atoms with Crippen LogP contribution in [-0.2, 0) is 26.1 Å². The lowest BCUT2D eigenvalue weighted by Crippen LogP contribution is -2.43. The maximum atomic E-state index is 6.64. The lowest BCUT2D eigenvalue weighted by molar-refractivity contribution is -0.350. The summed E-state index contributed by atoms with van der Waals surface area (Å²) in [4.78, 5) is 12.0. The molecule has 1 saturated heterocycles. The van der Waals surface area contributed by atoms with Gasteiger partial charge in [0.1, 0.15) is 0 Å². The predicted octanol–water partition coefficient (Wildman–Crippen LogP) is 4.84. The number of hydrogen-bond donors (Lipinski definition) is 0. The molecular formula is C22H18O3. The Bertz CT molecular complexity index is 909. The molecule has 124 valence electrons. The Labute approximate surface area is 146 Å². The number of ether oxygens (including phenoxy) is 1. The summed E-state index contributed by atoms with van der Waals surface area (Å²) in [6.07, 6.45) is 0. The minimum atomic E-state index is -1.06. The number of fused-ring (bicyclic) bond motifs is 4. The van der Waals surface area contributed by atoms with E-state index in [-0.39, 0.29) is 5.92 Å². The SMILES string of the molecule is CC1c2ccccc2[C@]2(c3ccccc3)OO[C@@]1(c1ccccc1)O2. The van der Waals surface area contributed by atoms with E-state index in [0.29, 0.717) is 0 Å². The summed E-state index contributed by atoms with van der Waals surface area (Å²) in [5, 5.41) is 0. The molecular weight excluding hydrogens is 312 g/mol. The van der Waals surface area contributed by atoms with Gasteiger partial charge in [-0.3, -0.25) is 4.74 Å². The standard InChI is InChI=1S/C22H18O3/c1-16-19-14-8-9-15-20(19)22(18-12-6-3-7-13-18)23-21(16,24-25-22)17-10-4-2-5-11-17/h2-16H,1H3/t16?,21-,22-/m0/s1. The maximum absolute atomic E-state index is 6.64. The van der Waals surface area contributed by atoms with Crippen LogP contribution < -0.4 is 0 Å². The van der Waals surface area contributed by atoms with E-state index in [2.05, 4.69) is 25.1 Å². The quantitative estimate of drug-likeness (QED) is 0.630. The fourth-order valence-electron chi connectivity index (χ4n) is 3.96. The highest BCUT2D eigenvalue weighted by atomic mass is 17.3. The van der Waals surface area contributed by atoms with Crippen LogP contribution in [0, 0.1) is 0 Å². The van der Waals surface area contributed by atoms with Gasteiger partial charge in [0.2, 0.25) is 5.79 Å². The first-order chi connectivity index (χ1) is 12.3. The third kappa shape index (κ3) is 1.91. The van der Waals surface area contributed by atoms with Gasteiger partial charge in [-0.1, -0.05) is 91.9 Å². The third-order valence-electron chi connectivity index (χ3n) is 5.26. The van der Waals surface area contributed by atoms with Gasteiger partial charge in [0, 0.05) is 22.6 Å². The fourth-order valence-corrected chi connectivity index (χ4v) is 3.96. The molecule has 1 fully saturated rings. The van der Waals surface area contributed by atoms with Gasteiger partial charge in [-0.2, -0.15) is 9.78 Å². The van der Waals surface area contributed by atoms with Gasteiger partial charge >= 0.3 is 0 Å². The Hall–Kier alpha value is -2.46. The Morgan fingerprint density at radius 3 is 2.00 bits per heavy atom. The zero-order valence-corrected chi connectivity index (χ0v) is 13.9. The van der Waals surface area contributed by atoms with Crippen LogP contribution in [0.4, 0.5) is 0 Å². The molecule has 0 radical (unpaired) electrons. The van der Waals surface area contributed by atoms with Crippen molar-refractivity contribution < 1.29 is 14.5 Å². The van der Waals surface area contributed by atoms with Crippen LogP contribution in [0.2, 0.25) is 0 Å². The highest BCUT2D eigenvalue weighted by molar-refractivity contribution is 5.46. The number of benzene rings is 3. The lowest BCUT2D eigenvalue weighted by atomic mass is 9.78. The second-order valence-corrected chi connectivity index (χ2v) is 6.59. The molecule has 2 aliphatic heterocycles. The largest absolute Gasteiger partial charge is 0.300 e. The molecule has 0 amide bonds. The lowest BCUT2D eigenvalue weighted by Gasteiger charge is -2.40. The summed E-state index contributed by atoms with van der Waals surface area (Å²) in [6.45, 7) is 2.12. The Balaban J connectivity index is 1.78. The first-order valence-corrected chi connectivity index (χ1v) is 8.54. The van der Waals surface area contributed by atoms with Gasteiger partial charge < -0.3 is 0 Å². The molecule has 25 heavy (non-hydrogen) atoms. The second kappa shape index (κ2) is 5.27. The minimum absolute atomic E-state index is 0.00885. The Kier molecular flexibility index (Phi) is 3.13. The van der Waals surface area contributed by atoms with E-state index in [1.807, 2.05) is 66.7 Å². The zero-order valence-electron chi connectivity index (χ0n) is 13.9. The van der Waals surface area contributed by atoms with Gasteiger partial charge in [0.25, 0.3) is 5.79 Å². The monoisotopic (exact) mass is 330 g/mol. The molecule has 0 saturated carbocycles. The molecule has 2 heterocycles. The van der Waals surface area contributed by atoms with E-state index in [9.17, 15) is 0 Å². The van der Waals surface area contributed by atoms with E-state index in [0.717, 1.165) is 16.7 Å². The zero-order chi connectivity index (χ0) is 16.9. The van der Waals surface area contributed by atoms with Crippen molar-refractivity contribution in [2.24, 2.45) is 0 Å². The molecule has 3 aromatic carbocycles. The molecule has 3 nitrogen and oxygen atoms in total. The smallest absolute Gasteiger partial charge is 0.257 e. The molecule has 2 bridgehead atoms. The number of rotatable bonds is 2. The first kappa shape index (κ1) is 14.8. The van der Waals surface area contributed by atoms with E-state index >= 15 is 0 Å². The van der Waals surface area contributed by atoms with Gasteiger partial charge in [-0.05, 0) is 5.56 Å². The van der Waals surface area contributed by atoms with Crippen molar-refractivity contribution in [3.63, 3.8) is 0 Å². The molecule has 0 spiro atoms. The summed E-state index contributed by atoms with van der Waals surface area (Å²) in [5.74, 6) is -2.03. The average Bonchev–Trinajstić information content (AvgIpc) is 3.08. The van der Waals surface area contributed by atoms with Gasteiger partial charge in [0.05, 0.1) is 0 Å². The van der Waals surface area contributed by atoms with Crippen LogP contribution >= 0.6 is 0 Å². The third-order valence-corrected chi connectivity index (χ3v) is 5.26. The molecule has 0 aliphatic carbocycles. The van der Waals surface area contributed by atoms with E-state index in [1.54, 1.807) is 0 Å². The molecule has 2 aliphatic rings. The highest BCUT2D eigenvalue weighted by Gasteiger charge is 2.63. The van der Waals surface area contributed by atoms with Crippen molar-refractivity contribution in [1.29, 1.82) is 0 Å². The van der Waals surface area contributed by atoms with Crippen molar-refractivity contribution in [1.82, 2.24) is 0 Å². The molecule has 3 atom stereocenters. The molecule has 5 rings (SSSR count). The van der Waals surface area contributed by atoms with Crippen LogP contribution in [0.15, 0.2) is 84.9 Å². The topological polar surface area (TPSA) is 27.7 Å². The fraction of sp³-hybridized carbons (Fsp3) is 0.182. The average molecular weight is 330 g/mol. The molecule has 0 aromatic heterocycles. The van der Waals surface area contributed by atoms with E-state index < -0.39 is 11.6 Å². The summed E-state index contributed by atoms with van der Waals surface area (Å²) in [6, 6.07) is 28.3. The van der Waals surface area contributed by atoms with Crippen LogP contribution in [-0.4, -0.2) is 0 Å². The first-order valence-electron chi connectivity index (χ1n) is 8.54. The number of hydrogen-bond acceptors (Lipinski definition) is 3. The van der Waals surface area contributed by atoms with Gasteiger partial charge in [0.15, 0.2) is 0 Å². The minimum Gasteiger partial charge on any atom is -0.300 e. The van der Waals surface area contributed by atoms with Crippen molar-refractivity contribution in [3.05, 3.63) is 107 Å². The molecule has 3 heteroatoms. The Morgan fingerprint density at radius 1 is 0.680 bits per heavy atom. The second-order valence-electron chi connectivity index (χ2n) is 6.59. The van der Waals surface area contributed by atoms with Crippen molar-refractivity contribution in [3.8, 4) is 0 Å². The molecule has 3 aromatic rings. The Morgan fingerprint density at radius 2 is 1.28 bits per heavy atom. The summed E-state index contributed by atoms with van der Waals surface area (Å²) in [7, 11) is 0. The van der Waals surface area contributed by atoms with E-state index in [4.69, 9.17) is 14.5 Å². The van der Waals surface area contributed by atoms with Crippen LogP contribution in [0.1, 0.15) is 35.1 Å². The summed E-state index contributed by atoms with van der Waals surface area (Å²) >= 11 is 0. The van der Waals surface area contributed by atoms with Crippen molar-refractivity contribution >= 4 is 0 Å². The van der Waals surface area contributed by atoms with Crippen molar-refractivity contribution in [2.75, 3.05) is 0 Å². The van der Waals surface area contributed by atoms with Gasteiger partial charge in [-0.15, -0.1) is 0 Å². The molecule has 0 N–H and O–H groups in total. The summed E-state index contributed by atoms with van der Waals surface area (Å²) < 4.78 is 6.64. The summed E-state index contributed by atoms with van der Waals surface area (Å²) in [5.41, 5.74) is 4.05. The maximum Gasteiger partial charge on any atom is 0.257 e. The van der Waals surface area contributed by atoms with Crippen LogP contribution in [0.25, 0.3) is 0 Å². The van der Waals surface area contributed by atoms with Gasteiger partial charge in [-0.25, -0.2) is 0 Å². The normalized spacial score (nSPS) is 30.0. The van der Waals surface area contributed by atoms with Crippen LogP contribution in [0.5, 0.6) is 0 Å². The molecule has 1 unspecified atom stereocenters. The van der Waals surface area contributed by atoms with Crippen LogP contribution in [0.3, 0.4) is 0 Å².